The van der Waals surface area contributed by atoms with Crippen molar-refractivity contribution in [1.29, 1.82) is 0 Å². The molecule has 1 atom stereocenters. The minimum absolute atomic E-state index is 0.0868. The molecule has 0 radical (unpaired) electrons. The lowest BCUT2D eigenvalue weighted by atomic mass is 10.1. The van der Waals surface area contributed by atoms with Crippen molar-refractivity contribution in [1.82, 2.24) is 0 Å². The highest BCUT2D eigenvalue weighted by atomic mass is 32.2. The molecule has 8 nitrogen and oxygen atoms in total. The molecule has 10 heteroatoms. The lowest BCUT2D eigenvalue weighted by Crippen LogP contribution is -2.20. The van der Waals surface area contributed by atoms with Crippen LogP contribution in [-0.2, 0) is 4.79 Å². The number of nitro benzene ring substituents is 1. The van der Waals surface area contributed by atoms with Crippen molar-refractivity contribution in [2.24, 2.45) is 0 Å². The van der Waals surface area contributed by atoms with Crippen LogP contribution in [0, 0.1) is 17.0 Å². The molecule has 0 spiro atoms. The smallest absolute Gasteiger partial charge is 0.271 e. The van der Waals surface area contributed by atoms with Crippen LogP contribution in [0.5, 0.6) is 5.75 Å². The summed E-state index contributed by atoms with van der Waals surface area (Å²) >= 11 is 6.86. The quantitative estimate of drug-likeness (QED) is 0.0858. The Hall–Kier alpha value is -4.41. The van der Waals surface area contributed by atoms with Gasteiger partial charge in [-0.25, -0.2) is 0 Å². The molecule has 0 aliphatic heterocycles. The van der Waals surface area contributed by atoms with E-state index in [1.54, 1.807) is 20.1 Å². The van der Waals surface area contributed by atoms with Gasteiger partial charge in [0.25, 0.3) is 5.69 Å². The van der Waals surface area contributed by atoms with Crippen LogP contribution >= 0.6 is 24.0 Å². The standard InChI is InChI=1S/C29H26N4O4S2/c1-19-15-16-22(33(35)36)18-25(19)31-28(34)27(20-9-4-3-5-10-20)39-23-12-8-11-21(17-23)30-29(38)32-24-13-6-7-14-26(24)37-2/h3-18,27H,1-2H3,(H,31,34)(H2,30,32,38). The number of thiocarbonyl (C=S) groups is 1. The summed E-state index contributed by atoms with van der Waals surface area (Å²) in [4.78, 5) is 25.1. The molecule has 0 bridgehead atoms. The van der Waals surface area contributed by atoms with Gasteiger partial charge in [0.15, 0.2) is 5.11 Å². The van der Waals surface area contributed by atoms with Crippen LogP contribution in [0.25, 0.3) is 0 Å². The van der Waals surface area contributed by atoms with E-state index in [4.69, 9.17) is 17.0 Å². The van der Waals surface area contributed by atoms with Gasteiger partial charge in [-0.1, -0.05) is 54.6 Å². The van der Waals surface area contributed by atoms with Gasteiger partial charge in [0, 0.05) is 22.7 Å². The third-order valence-corrected chi connectivity index (χ3v) is 7.18. The van der Waals surface area contributed by atoms with Crippen LogP contribution in [0.1, 0.15) is 16.4 Å². The van der Waals surface area contributed by atoms with E-state index in [9.17, 15) is 14.9 Å². The van der Waals surface area contributed by atoms with Crippen LogP contribution in [-0.4, -0.2) is 23.1 Å². The number of aryl methyl sites for hydroxylation is 1. The van der Waals surface area contributed by atoms with E-state index in [-0.39, 0.29) is 11.6 Å². The van der Waals surface area contributed by atoms with Gasteiger partial charge in [0.1, 0.15) is 11.0 Å². The number of benzene rings is 4. The molecule has 0 heterocycles. The fraction of sp³-hybridized carbons (Fsp3) is 0.103. The van der Waals surface area contributed by atoms with Crippen molar-refractivity contribution in [2.75, 3.05) is 23.1 Å². The Morgan fingerprint density at radius 3 is 2.38 bits per heavy atom. The van der Waals surface area contributed by atoms with E-state index >= 15 is 0 Å². The van der Waals surface area contributed by atoms with Crippen molar-refractivity contribution < 1.29 is 14.5 Å². The second-order valence-electron chi connectivity index (χ2n) is 8.46. The fourth-order valence-corrected chi connectivity index (χ4v) is 5.08. The number of hydrogen-bond acceptors (Lipinski definition) is 6. The van der Waals surface area contributed by atoms with E-state index in [1.807, 2.05) is 78.9 Å². The largest absolute Gasteiger partial charge is 0.495 e. The van der Waals surface area contributed by atoms with Gasteiger partial charge in [0.05, 0.1) is 23.4 Å². The Balaban J connectivity index is 1.53. The van der Waals surface area contributed by atoms with Crippen molar-refractivity contribution in [3.63, 3.8) is 0 Å². The molecule has 0 aromatic heterocycles. The van der Waals surface area contributed by atoms with Crippen molar-refractivity contribution >= 4 is 57.7 Å². The minimum atomic E-state index is -0.612. The lowest BCUT2D eigenvalue weighted by Gasteiger charge is -2.19. The number of non-ortho nitro benzene ring substituents is 1. The van der Waals surface area contributed by atoms with E-state index in [2.05, 4.69) is 16.0 Å². The van der Waals surface area contributed by atoms with Crippen molar-refractivity contribution in [2.45, 2.75) is 17.1 Å². The number of rotatable bonds is 9. The molecule has 1 amide bonds. The van der Waals surface area contributed by atoms with E-state index in [0.717, 1.165) is 27.4 Å². The molecular weight excluding hydrogens is 532 g/mol. The Bertz CT molecular complexity index is 1500. The third kappa shape index (κ3) is 7.34. The number of nitrogens with zero attached hydrogens (tertiary/aromatic N) is 1. The molecule has 198 valence electrons. The number of methoxy groups -OCH3 is 1. The summed E-state index contributed by atoms with van der Waals surface area (Å²) in [5.74, 6) is 0.378. The maximum Gasteiger partial charge on any atom is 0.271 e. The summed E-state index contributed by atoms with van der Waals surface area (Å²) in [7, 11) is 1.59. The first kappa shape index (κ1) is 27.6. The average molecular weight is 559 g/mol. The normalized spacial score (nSPS) is 11.2. The van der Waals surface area contributed by atoms with E-state index < -0.39 is 10.2 Å². The maximum absolute atomic E-state index is 13.5. The highest BCUT2D eigenvalue weighted by molar-refractivity contribution is 8.00. The van der Waals surface area contributed by atoms with Gasteiger partial charge < -0.3 is 20.7 Å². The maximum atomic E-state index is 13.5. The molecule has 0 fully saturated rings. The predicted octanol–water partition coefficient (Wildman–Crippen LogP) is 7.19. The topological polar surface area (TPSA) is 106 Å². The molecule has 1 unspecified atom stereocenters. The Morgan fingerprint density at radius 1 is 0.897 bits per heavy atom. The number of ether oxygens (including phenoxy) is 1. The van der Waals surface area contributed by atoms with Crippen molar-refractivity contribution in [3.8, 4) is 5.75 Å². The zero-order chi connectivity index (χ0) is 27.8. The number of amides is 1. The molecule has 0 saturated heterocycles. The molecule has 3 N–H and O–H groups in total. The van der Waals surface area contributed by atoms with Gasteiger partial charge in [-0.05, 0) is 60.6 Å². The highest BCUT2D eigenvalue weighted by Gasteiger charge is 2.23. The average Bonchev–Trinajstić information content (AvgIpc) is 2.93. The summed E-state index contributed by atoms with van der Waals surface area (Å²) in [6.45, 7) is 1.79. The molecule has 0 saturated carbocycles. The molecule has 4 aromatic carbocycles. The number of thioether (sulfide) groups is 1. The number of nitrogens with one attached hydrogen (secondary N) is 3. The lowest BCUT2D eigenvalue weighted by molar-refractivity contribution is -0.384. The van der Waals surface area contributed by atoms with E-state index in [0.29, 0.717) is 16.5 Å². The first-order valence-electron chi connectivity index (χ1n) is 11.9. The number of hydrogen-bond donors (Lipinski definition) is 3. The van der Waals surface area contributed by atoms with Gasteiger partial charge in [-0.2, -0.15) is 0 Å². The summed E-state index contributed by atoms with van der Waals surface area (Å²) in [6, 6.07) is 28.8. The third-order valence-electron chi connectivity index (χ3n) is 5.73. The van der Waals surface area contributed by atoms with Gasteiger partial charge in [-0.3, -0.25) is 14.9 Å². The monoisotopic (exact) mass is 558 g/mol. The Labute approximate surface area is 235 Å². The molecular formula is C29H26N4O4S2. The fourth-order valence-electron chi connectivity index (χ4n) is 3.77. The highest BCUT2D eigenvalue weighted by Crippen LogP contribution is 2.38. The summed E-state index contributed by atoms with van der Waals surface area (Å²) in [6.07, 6.45) is 0. The molecule has 39 heavy (non-hydrogen) atoms. The second kappa shape index (κ2) is 12.9. The van der Waals surface area contributed by atoms with Gasteiger partial charge >= 0.3 is 0 Å². The van der Waals surface area contributed by atoms with Crippen LogP contribution in [0.3, 0.4) is 0 Å². The molecule has 0 aliphatic carbocycles. The Morgan fingerprint density at radius 2 is 1.64 bits per heavy atom. The van der Waals surface area contributed by atoms with Crippen LogP contribution in [0.2, 0.25) is 0 Å². The van der Waals surface area contributed by atoms with Gasteiger partial charge in [-0.15, -0.1) is 11.8 Å². The first-order chi connectivity index (χ1) is 18.8. The summed E-state index contributed by atoms with van der Waals surface area (Å²) < 4.78 is 5.37. The first-order valence-corrected chi connectivity index (χ1v) is 13.2. The summed E-state index contributed by atoms with van der Waals surface area (Å²) in [5, 5.41) is 20.2. The zero-order valence-corrected chi connectivity index (χ0v) is 22.8. The number of nitro groups is 1. The minimum Gasteiger partial charge on any atom is -0.495 e. The zero-order valence-electron chi connectivity index (χ0n) is 21.2. The molecule has 4 aromatic rings. The number of anilines is 3. The molecule has 4 rings (SSSR count). The number of carbonyl (C=O) groups excluding carboxylic acids is 1. The van der Waals surface area contributed by atoms with Crippen molar-refractivity contribution in [3.05, 3.63) is 118 Å². The van der Waals surface area contributed by atoms with Gasteiger partial charge in [0.2, 0.25) is 5.91 Å². The predicted molar refractivity (Wildman–Crippen MR) is 161 cm³/mol. The second-order valence-corrected chi connectivity index (χ2v) is 10.0. The molecule has 0 aliphatic rings. The number of carbonyl (C=O) groups is 1. The van der Waals surface area contributed by atoms with Crippen LogP contribution < -0.4 is 20.7 Å². The Kier molecular flexibility index (Phi) is 9.14. The SMILES string of the molecule is COc1ccccc1NC(=S)Nc1cccc(SC(C(=O)Nc2cc([N+](=O)[O-])ccc2C)c2ccccc2)c1. The number of para-hydroxylation sites is 2. The summed E-state index contributed by atoms with van der Waals surface area (Å²) in [5.41, 5.74) is 3.33. The van der Waals surface area contributed by atoms with E-state index in [1.165, 1.54) is 23.9 Å². The van der Waals surface area contributed by atoms with Crippen LogP contribution in [0.15, 0.2) is 102 Å². The van der Waals surface area contributed by atoms with Crippen LogP contribution in [0.4, 0.5) is 22.7 Å².